The molecule has 0 bridgehead atoms. The molecule has 0 unspecified atom stereocenters. The minimum absolute atomic E-state index is 0.0899. The van der Waals surface area contributed by atoms with E-state index in [4.69, 9.17) is 9.47 Å². The Labute approximate surface area is 126 Å². The number of hydrogen-bond acceptors (Lipinski definition) is 3. The fourth-order valence-corrected chi connectivity index (χ4v) is 2.64. The van der Waals surface area contributed by atoms with Gasteiger partial charge in [0, 0.05) is 19.8 Å². The van der Waals surface area contributed by atoms with Crippen molar-refractivity contribution in [1.29, 1.82) is 0 Å². The zero-order valence-electron chi connectivity index (χ0n) is 12.8. The van der Waals surface area contributed by atoms with Crippen molar-refractivity contribution in [3.05, 3.63) is 29.8 Å². The molecule has 116 valence electrons. The highest BCUT2D eigenvalue weighted by Crippen LogP contribution is 2.19. The van der Waals surface area contributed by atoms with E-state index in [-0.39, 0.29) is 5.91 Å². The number of benzene rings is 1. The van der Waals surface area contributed by atoms with E-state index in [1.54, 1.807) is 7.11 Å². The largest absolute Gasteiger partial charge is 0.497 e. The highest BCUT2D eigenvalue weighted by Gasteiger charge is 2.13. The molecule has 1 heterocycles. The quantitative estimate of drug-likeness (QED) is 0.785. The second-order valence-corrected chi connectivity index (χ2v) is 5.57. The Morgan fingerprint density at radius 1 is 1.29 bits per heavy atom. The van der Waals surface area contributed by atoms with Crippen molar-refractivity contribution in [1.82, 2.24) is 5.32 Å². The number of methoxy groups -OCH3 is 1. The summed E-state index contributed by atoms with van der Waals surface area (Å²) in [7, 11) is 1.64. The summed E-state index contributed by atoms with van der Waals surface area (Å²) >= 11 is 0. The van der Waals surface area contributed by atoms with Gasteiger partial charge in [0.25, 0.3) is 0 Å². The van der Waals surface area contributed by atoms with Gasteiger partial charge in [0.05, 0.1) is 13.5 Å². The molecular formula is C17H25NO3. The van der Waals surface area contributed by atoms with Crippen molar-refractivity contribution >= 4 is 5.91 Å². The summed E-state index contributed by atoms with van der Waals surface area (Å²) in [6.45, 7) is 2.56. The molecule has 0 spiro atoms. The van der Waals surface area contributed by atoms with Crippen molar-refractivity contribution in [2.24, 2.45) is 5.92 Å². The van der Waals surface area contributed by atoms with Crippen molar-refractivity contribution < 1.29 is 14.3 Å². The first-order valence-electron chi connectivity index (χ1n) is 7.75. The molecule has 2 rings (SSSR count). The molecule has 0 atom stereocenters. The fraction of sp³-hybridized carbons (Fsp3) is 0.588. The summed E-state index contributed by atoms with van der Waals surface area (Å²) in [5.74, 6) is 1.68. The molecule has 0 radical (unpaired) electrons. The van der Waals surface area contributed by atoms with E-state index in [0.29, 0.717) is 6.42 Å². The fourth-order valence-electron chi connectivity index (χ4n) is 2.64. The molecule has 0 aromatic heterocycles. The summed E-state index contributed by atoms with van der Waals surface area (Å²) in [4.78, 5) is 11.9. The van der Waals surface area contributed by atoms with Gasteiger partial charge in [0.2, 0.25) is 5.91 Å². The van der Waals surface area contributed by atoms with Crippen LogP contribution in [0.3, 0.4) is 0 Å². The Balaban J connectivity index is 1.60. The van der Waals surface area contributed by atoms with Gasteiger partial charge < -0.3 is 14.8 Å². The van der Waals surface area contributed by atoms with Crippen LogP contribution in [-0.2, 0) is 16.0 Å². The molecule has 4 heteroatoms. The Hall–Kier alpha value is -1.55. The SMILES string of the molecule is COc1ccc(CC(=O)NCCCC2CCOCC2)cc1. The van der Waals surface area contributed by atoms with Crippen LogP contribution in [0.25, 0.3) is 0 Å². The maximum absolute atomic E-state index is 11.9. The van der Waals surface area contributed by atoms with Gasteiger partial charge in [-0.1, -0.05) is 12.1 Å². The summed E-state index contributed by atoms with van der Waals surface area (Å²) in [5, 5.41) is 3.00. The Morgan fingerprint density at radius 2 is 2.00 bits per heavy atom. The van der Waals surface area contributed by atoms with Crippen molar-refractivity contribution in [3.8, 4) is 5.75 Å². The van der Waals surface area contributed by atoms with Gasteiger partial charge in [-0.15, -0.1) is 0 Å². The first-order valence-corrected chi connectivity index (χ1v) is 7.75. The average Bonchev–Trinajstić information content (AvgIpc) is 2.53. The average molecular weight is 291 g/mol. The van der Waals surface area contributed by atoms with E-state index in [1.807, 2.05) is 24.3 Å². The molecule has 1 aliphatic heterocycles. The topological polar surface area (TPSA) is 47.6 Å². The van der Waals surface area contributed by atoms with E-state index < -0.39 is 0 Å². The molecular weight excluding hydrogens is 266 g/mol. The smallest absolute Gasteiger partial charge is 0.224 e. The third-order valence-corrected chi connectivity index (χ3v) is 3.98. The predicted octanol–water partition coefficient (Wildman–Crippen LogP) is 2.56. The Bertz CT molecular complexity index is 424. The number of hydrogen-bond donors (Lipinski definition) is 1. The summed E-state index contributed by atoms with van der Waals surface area (Å²) < 4.78 is 10.5. The van der Waals surface area contributed by atoms with Crippen LogP contribution in [0.1, 0.15) is 31.2 Å². The van der Waals surface area contributed by atoms with Crippen LogP contribution >= 0.6 is 0 Å². The predicted molar refractivity (Wildman–Crippen MR) is 82.5 cm³/mol. The number of nitrogens with one attached hydrogen (secondary N) is 1. The van der Waals surface area contributed by atoms with Crippen LogP contribution in [0.2, 0.25) is 0 Å². The third kappa shape index (κ3) is 5.76. The number of amides is 1. The molecule has 1 saturated heterocycles. The van der Waals surface area contributed by atoms with Crippen molar-refractivity contribution in [2.75, 3.05) is 26.9 Å². The minimum Gasteiger partial charge on any atom is -0.497 e. The number of carbonyl (C=O) groups is 1. The Morgan fingerprint density at radius 3 is 2.67 bits per heavy atom. The number of rotatable bonds is 7. The lowest BCUT2D eigenvalue weighted by Crippen LogP contribution is -2.26. The van der Waals surface area contributed by atoms with Crippen molar-refractivity contribution in [2.45, 2.75) is 32.1 Å². The molecule has 1 aromatic carbocycles. The molecule has 1 aliphatic rings. The van der Waals surface area contributed by atoms with Crippen LogP contribution in [-0.4, -0.2) is 32.8 Å². The zero-order chi connectivity index (χ0) is 14.9. The lowest BCUT2D eigenvalue weighted by atomic mass is 9.95. The molecule has 1 fully saturated rings. The van der Waals surface area contributed by atoms with Crippen LogP contribution in [0, 0.1) is 5.92 Å². The molecule has 1 aromatic rings. The molecule has 4 nitrogen and oxygen atoms in total. The van der Waals surface area contributed by atoms with Crippen LogP contribution in [0.4, 0.5) is 0 Å². The molecule has 1 N–H and O–H groups in total. The minimum atomic E-state index is 0.0899. The van der Waals surface area contributed by atoms with Gasteiger partial charge in [-0.05, 0) is 49.3 Å². The van der Waals surface area contributed by atoms with Gasteiger partial charge in [-0.2, -0.15) is 0 Å². The van der Waals surface area contributed by atoms with Crippen LogP contribution in [0.5, 0.6) is 5.75 Å². The summed E-state index contributed by atoms with van der Waals surface area (Å²) in [5.41, 5.74) is 1.01. The van der Waals surface area contributed by atoms with E-state index in [1.165, 1.54) is 19.3 Å². The lowest BCUT2D eigenvalue weighted by molar-refractivity contribution is -0.120. The van der Waals surface area contributed by atoms with E-state index in [2.05, 4.69) is 5.32 Å². The van der Waals surface area contributed by atoms with Gasteiger partial charge in [0.15, 0.2) is 0 Å². The second kappa shape index (κ2) is 8.67. The summed E-state index contributed by atoms with van der Waals surface area (Å²) in [6.07, 6.45) is 5.01. The normalized spacial score (nSPS) is 15.7. The zero-order valence-corrected chi connectivity index (χ0v) is 12.8. The highest BCUT2D eigenvalue weighted by molar-refractivity contribution is 5.78. The lowest BCUT2D eigenvalue weighted by Gasteiger charge is -2.21. The van der Waals surface area contributed by atoms with Gasteiger partial charge >= 0.3 is 0 Å². The number of ether oxygens (including phenoxy) is 2. The van der Waals surface area contributed by atoms with E-state index in [9.17, 15) is 4.79 Å². The van der Waals surface area contributed by atoms with E-state index in [0.717, 1.165) is 43.4 Å². The van der Waals surface area contributed by atoms with Gasteiger partial charge in [-0.3, -0.25) is 4.79 Å². The third-order valence-electron chi connectivity index (χ3n) is 3.98. The monoisotopic (exact) mass is 291 g/mol. The maximum atomic E-state index is 11.9. The first-order chi connectivity index (χ1) is 10.3. The van der Waals surface area contributed by atoms with Gasteiger partial charge in [-0.25, -0.2) is 0 Å². The standard InChI is InChI=1S/C17H25NO3/c1-20-16-6-4-15(5-7-16)13-17(19)18-10-2-3-14-8-11-21-12-9-14/h4-7,14H,2-3,8-13H2,1H3,(H,18,19). The molecule has 0 saturated carbocycles. The summed E-state index contributed by atoms with van der Waals surface area (Å²) in [6, 6.07) is 7.63. The molecule has 1 amide bonds. The number of carbonyl (C=O) groups excluding carboxylic acids is 1. The molecule has 0 aliphatic carbocycles. The maximum Gasteiger partial charge on any atom is 0.224 e. The van der Waals surface area contributed by atoms with E-state index >= 15 is 0 Å². The highest BCUT2D eigenvalue weighted by atomic mass is 16.5. The van der Waals surface area contributed by atoms with Crippen LogP contribution < -0.4 is 10.1 Å². The molecule has 21 heavy (non-hydrogen) atoms. The van der Waals surface area contributed by atoms with Crippen LogP contribution in [0.15, 0.2) is 24.3 Å². The van der Waals surface area contributed by atoms with Gasteiger partial charge in [0.1, 0.15) is 5.75 Å². The van der Waals surface area contributed by atoms with Crippen molar-refractivity contribution in [3.63, 3.8) is 0 Å². The Kier molecular flexibility index (Phi) is 6.54. The first kappa shape index (κ1) is 15.8. The second-order valence-electron chi connectivity index (χ2n) is 5.57.